The molecular weight excluding hydrogens is 332 g/mol. The molecule has 1 saturated heterocycles. The topological polar surface area (TPSA) is 27.7 Å². The van der Waals surface area contributed by atoms with Crippen LogP contribution in [0.1, 0.15) is 32.6 Å². The predicted octanol–water partition coefficient (Wildman–Crippen LogP) is 4.44. The summed E-state index contributed by atoms with van der Waals surface area (Å²) in [5.41, 5.74) is 0.276. The molecule has 21 heavy (non-hydrogen) atoms. The van der Waals surface area contributed by atoms with E-state index < -0.39 is 0 Å². The smallest absolute Gasteiger partial charge is 0.119 e. The summed E-state index contributed by atoms with van der Waals surface area (Å²) in [7, 11) is 0. The summed E-state index contributed by atoms with van der Waals surface area (Å²) >= 11 is 3.41. The lowest BCUT2D eigenvalue weighted by Crippen LogP contribution is -2.43. The Bertz CT molecular complexity index is 401. The molecule has 0 aliphatic carbocycles. The van der Waals surface area contributed by atoms with Crippen LogP contribution < -0.4 is 4.74 Å². The number of hydrogen-bond acceptors (Lipinski definition) is 3. The Hall–Kier alpha value is -0.580. The molecule has 0 saturated carbocycles. The van der Waals surface area contributed by atoms with Crippen LogP contribution in [0.2, 0.25) is 0 Å². The van der Waals surface area contributed by atoms with Gasteiger partial charge < -0.3 is 14.2 Å². The maximum atomic E-state index is 5.71. The summed E-state index contributed by atoms with van der Waals surface area (Å²) in [5.74, 6) is 0.942. The first-order valence-corrected chi connectivity index (χ1v) is 8.51. The van der Waals surface area contributed by atoms with Gasteiger partial charge in [0.05, 0.1) is 26.4 Å². The van der Waals surface area contributed by atoms with Crippen molar-refractivity contribution in [2.45, 2.75) is 32.6 Å². The van der Waals surface area contributed by atoms with Gasteiger partial charge in [0.15, 0.2) is 0 Å². The van der Waals surface area contributed by atoms with Crippen LogP contribution in [0.4, 0.5) is 0 Å². The SMILES string of the molecule is CC1(COCCCCCCOc2ccc(Br)cc2)COC1. The lowest BCUT2D eigenvalue weighted by atomic mass is 9.90. The Morgan fingerprint density at radius 1 is 1.05 bits per heavy atom. The van der Waals surface area contributed by atoms with Crippen molar-refractivity contribution in [2.75, 3.05) is 33.0 Å². The first-order valence-electron chi connectivity index (χ1n) is 7.72. The molecule has 1 heterocycles. The minimum Gasteiger partial charge on any atom is -0.494 e. The molecule has 0 radical (unpaired) electrons. The molecule has 0 N–H and O–H groups in total. The van der Waals surface area contributed by atoms with Crippen molar-refractivity contribution < 1.29 is 14.2 Å². The molecule has 0 spiro atoms. The second kappa shape index (κ2) is 8.76. The molecule has 4 heteroatoms. The van der Waals surface area contributed by atoms with Crippen LogP contribution in [0, 0.1) is 5.41 Å². The monoisotopic (exact) mass is 356 g/mol. The van der Waals surface area contributed by atoms with Gasteiger partial charge in [0, 0.05) is 16.5 Å². The number of unbranched alkanes of at least 4 members (excludes halogenated alkanes) is 3. The van der Waals surface area contributed by atoms with Gasteiger partial charge in [-0.25, -0.2) is 0 Å². The molecule has 118 valence electrons. The van der Waals surface area contributed by atoms with Crippen LogP contribution in [0.3, 0.4) is 0 Å². The number of benzene rings is 1. The zero-order valence-electron chi connectivity index (χ0n) is 12.8. The summed E-state index contributed by atoms with van der Waals surface area (Å²) in [4.78, 5) is 0. The molecule has 1 aromatic carbocycles. The van der Waals surface area contributed by atoms with E-state index in [1.54, 1.807) is 0 Å². The van der Waals surface area contributed by atoms with E-state index in [1.165, 1.54) is 12.8 Å². The van der Waals surface area contributed by atoms with Crippen molar-refractivity contribution in [2.24, 2.45) is 5.41 Å². The van der Waals surface area contributed by atoms with Crippen molar-refractivity contribution in [3.05, 3.63) is 28.7 Å². The van der Waals surface area contributed by atoms with E-state index in [4.69, 9.17) is 14.2 Å². The Kier molecular flexibility index (Phi) is 7.00. The maximum Gasteiger partial charge on any atom is 0.119 e. The van der Waals surface area contributed by atoms with E-state index in [-0.39, 0.29) is 5.41 Å². The fraction of sp³-hybridized carbons (Fsp3) is 0.647. The zero-order chi connectivity index (χ0) is 15.0. The number of hydrogen-bond donors (Lipinski definition) is 0. The fourth-order valence-corrected chi connectivity index (χ4v) is 2.50. The van der Waals surface area contributed by atoms with Gasteiger partial charge in [-0.15, -0.1) is 0 Å². The molecule has 1 aromatic rings. The van der Waals surface area contributed by atoms with Crippen molar-refractivity contribution in [1.29, 1.82) is 0 Å². The number of ether oxygens (including phenoxy) is 3. The molecule has 0 aromatic heterocycles. The maximum absolute atomic E-state index is 5.71. The second-order valence-corrected chi connectivity index (χ2v) is 6.99. The second-order valence-electron chi connectivity index (χ2n) is 6.07. The average molecular weight is 357 g/mol. The van der Waals surface area contributed by atoms with Crippen LogP contribution in [-0.4, -0.2) is 33.0 Å². The zero-order valence-corrected chi connectivity index (χ0v) is 14.4. The first kappa shape index (κ1) is 16.8. The lowest BCUT2D eigenvalue weighted by molar-refractivity contribution is -0.137. The molecule has 1 aliphatic rings. The van der Waals surface area contributed by atoms with E-state index in [2.05, 4.69) is 22.9 Å². The van der Waals surface area contributed by atoms with Gasteiger partial charge >= 0.3 is 0 Å². The minimum absolute atomic E-state index is 0.276. The Labute approximate surface area is 136 Å². The van der Waals surface area contributed by atoms with E-state index in [1.807, 2.05) is 24.3 Å². The van der Waals surface area contributed by atoms with Crippen LogP contribution in [-0.2, 0) is 9.47 Å². The molecule has 2 rings (SSSR count). The summed E-state index contributed by atoms with van der Waals surface area (Å²) in [6.45, 7) is 6.40. The third-order valence-electron chi connectivity index (χ3n) is 3.62. The predicted molar refractivity (Wildman–Crippen MR) is 87.9 cm³/mol. The van der Waals surface area contributed by atoms with Crippen molar-refractivity contribution in [1.82, 2.24) is 0 Å². The van der Waals surface area contributed by atoms with E-state index in [0.29, 0.717) is 0 Å². The molecule has 1 fully saturated rings. The van der Waals surface area contributed by atoms with Gasteiger partial charge in [-0.3, -0.25) is 0 Å². The quantitative estimate of drug-likeness (QED) is 0.580. The molecular formula is C17H25BrO3. The van der Waals surface area contributed by atoms with Crippen molar-refractivity contribution in [3.63, 3.8) is 0 Å². The lowest BCUT2D eigenvalue weighted by Gasteiger charge is -2.37. The molecule has 1 aliphatic heterocycles. The summed E-state index contributed by atoms with van der Waals surface area (Å²) in [6, 6.07) is 7.98. The van der Waals surface area contributed by atoms with Crippen LogP contribution in [0.5, 0.6) is 5.75 Å². The van der Waals surface area contributed by atoms with Crippen molar-refractivity contribution >= 4 is 15.9 Å². The third-order valence-corrected chi connectivity index (χ3v) is 4.15. The van der Waals surface area contributed by atoms with Gasteiger partial charge in [0.1, 0.15) is 5.75 Å². The largest absolute Gasteiger partial charge is 0.494 e. The van der Waals surface area contributed by atoms with Crippen LogP contribution in [0.25, 0.3) is 0 Å². The summed E-state index contributed by atoms with van der Waals surface area (Å²) < 4.78 is 17.7. The van der Waals surface area contributed by atoms with Gasteiger partial charge in [0.25, 0.3) is 0 Å². The normalized spacial score (nSPS) is 16.5. The van der Waals surface area contributed by atoms with Gasteiger partial charge in [-0.05, 0) is 43.5 Å². The van der Waals surface area contributed by atoms with E-state index in [9.17, 15) is 0 Å². The minimum atomic E-state index is 0.276. The summed E-state index contributed by atoms with van der Waals surface area (Å²) in [5, 5.41) is 0. The molecule has 0 unspecified atom stereocenters. The standard InChI is InChI=1S/C17H25BrO3/c1-17(13-20-14-17)12-19-10-4-2-3-5-11-21-16-8-6-15(18)7-9-16/h6-9H,2-5,10-14H2,1H3. The molecule has 0 amide bonds. The molecule has 0 atom stereocenters. The molecule has 3 nitrogen and oxygen atoms in total. The summed E-state index contributed by atoms with van der Waals surface area (Å²) in [6.07, 6.45) is 4.63. The van der Waals surface area contributed by atoms with Gasteiger partial charge in [-0.1, -0.05) is 29.3 Å². The fourth-order valence-electron chi connectivity index (χ4n) is 2.23. The number of rotatable bonds is 10. The Balaban J connectivity index is 1.39. The average Bonchev–Trinajstić information content (AvgIpc) is 2.45. The highest BCUT2D eigenvalue weighted by Crippen LogP contribution is 2.26. The van der Waals surface area contributed by atoms with Gasteiger partial charge in [-0.2, -0.15) is 0 Å². The highest BCUT2D eigenvalue weighted by atomic mass is 79.9. The first-order chi connectivity index (χ1) is 10.2. The van der Waals surface area contributed by atoms with Crippen LogP contribution in [0.15, 0.2) is 28.7 Å². The van der Waals surface area contributed by atoms with E-state index >= 15 is 0 Å². The van der Waals surface area contributed by atoms with Gasteiger partial charge in [0.2, 0.25) is 0 Å². The van der Waals surface area contributed by atoms with Crippen molar-refractivity contribution in [3.8, 4) is 5.75 Å². The Morgan fingerprint density at radius 3 is 2.33 bits per heavy atom. The highest BCUT2D eigenvalue weighted by molar-refractivity contribution is 9.10. The van der Waals surface area contributed by atoms with Crippen LogP contribution >= 0.6 is 15.9 Å². The molecule has 0 bridgehead atoms. The van der Waals surface area contributed by atoms with E-state index in [0.717, 1.165) is 56.1 Å². The highest BCUT2D eigenvalue weighted by Gasteiger charge is 2.33. The Morgan fingerprint density at radius 2 is 1.71 bits per heavy atom. The number of halogens is 1. The third kappa shape index (κ3) is 6.37.